The summed E-state index contributed by atoms with van der Waals surface area (Å²) in [6, 6.07) is 17.7. The Bertz CT molecular complexity index is 1450. The molecular formula is C26H21NO. The van der Waals surface area contributed by atoms with Gasteiger partial charge in [0.05, 0.1) is 11.1 Å². The Morgan fingerprint density at radius 1 is 0.893 bits per heavy atom. The molecule has 5 aromatic rings. The molecule has 0 unspecified atom stereocenters. The van der Waals surface area contributed by atoms with E-state index in [1.54, 1.807) is 0 Å². The Labute approximate surface area is 163 Å². The molecule has 136 valence electrons. The molecule has 1 aliphatic carbocycles. The summed E-state index contributed by atoms with van der Waals surface area (Å²) >= 11 is 0. The summed E-state index contributed by atoms with van der Waals surface area (Å²) in [5, 5.41) is 4.96. The van der Waals surface area contributed by atoms with Crippen LogP contribution in [0.4, 0.5) is 0 Å². The van der Waals surface area contributed by atoms with Crippen molar-refractivity contribution in [1.29, 1.82) is 0 Å². The lowest BCUT2D eigenvalue weighted by atomic mass is 9.73. The maximum absolute atomic E-state index is 6.31. The van der Waals surface area contributed by atoms with Crippen LogP contribution in [-0.2, 0) is 5.41 Å². The highest BCUT2D eigenvalue weighted by Crippen LogP contribution is 2.51. The lowest BCUT2D eigenvalue weighted by molar-refractivity contribution is 0.646. The molecule has 0 radical (unpaired) electrons. The van der Waals surface area contributed by atoms with Crippen LogP contribution >= 0.6 is 0 Å². The van der Waals surface area contributed by atoms with E-state index in [-0.39, 0.29) is 5.41 Å². The number of hydrogen-bond donors (Lipinski definition) is 0. The highest BCUT2D eigenvalue weighted by molar-refractivity contribution is 6.16. The number of furan rings is 1. The molecule has 0 amide bonds. The van der Waals surface area contributed by atoms with Gasteiger partial charge in [0.2, 0.25) is 0 Å². The van der Waals surface area contributed by atoms with Gasteiger partial charge in [0.25, 0.3) is 0 Å². The SMILES string of the molecule is Cc1ccc2c3c(ccc2c1)-c1nccc2oc4c(C)ccc(c4c12)C3(C)C. The van der Waals surface area contributed by atoms with Gasteiger partial charge in [0, 0.05) is 22.6 Å². The number of hydrogen-bond acceptors (Lipinski definition) is 2. The van der Waals surface area contributed by atoms with Crippen molar-refractivity contribution < 1.29 is 4.42 Å². The molecule has 2 nitrogen and oxygen atoms in total. The van der Waals surface area contributed by atoms with E-state index in [0.717, 1.165) is 22.2 Å². The summed E-state index contributed by atoms with van der Waals surface area (Å²) in [4.78, 5) is 4.85. The molecule has 2 heterocycles. The van der Waals surface area contributed by atoms with Crippen LogP contribution in [0.15, 0.2) is 59.1 Å². The van der Waals surface area contributed by atoms with Gasteiger partial charge in [-0.2, -0.15) is 0 Å². The van der Waals surface area contributed by atoms with Gasteiger partial charge in [-0.05, 0) is 47.4 Å². The van der Waals surface area contributed by atoms with Crippen molar-refractivity contribution in [3.05, 3.63) is 77.0 Å². The first-order valence-electron chi connectivity index (χ1n) is 9.82. The molecule has 0 spiro atoms. The summed E-state index contributed by atoms with van der Waals surface area (Å²) < 4.78 is 6.31. The van der Waals surface area contributed by atoms with E-state index < -0.39 is 0 Å². The molecule has 28 heavy (non-hydrogen) atoms. The van der Waals surface area contributed by atoms with Gasteiger partial charge in [-0.15, -0.1) is 0 Å². The standard InChI is InChI=1S/C26H21NO/c1-14-5-8-17-16(13-14)7-9-18-23(17)26(3,4)19-10-6-15(2)25-21(19)22-20(28-25)11-12-27-24(18)22/h5-13H,1-4H3. The monoisotopic (exact) mass is 363 g/mol. The maximum Gasteiger partial charge on any atom is 0.139 e. The molecule has 0 saturated heterocycles. The first kappa shape index (κ1) is 15.9. The van der Waals surface area contributed by atoms with Crippen LogP contribution in [0.5, 0.6) is 0 Å². The number of nitrogens with zero attached hydrogens (tertiary/aromatic N) is 1. The molecule has 2 aromatic heterocycles. The van der Waals surface area contributed by atoms with Crippen molar-refractivity contribution in [2.24, 2.45) is 0 Å². The third kappa shape index (κ3) is 1.80. The van der Waals surface area contributed by atoms with Gasteiger partial charge in [0.15, 0.2) is 0 Å². The fourth-order valence-corrected chi connectivity index (χ4v) is 5.13. The van der Waals surface area contributed by atoms with E-state index >= 15 is 0 Å². The number of benzene rings is 3. The Morgan fingerprint density at radius 2 is 1.75 bits per heavy atom. The van der Waals surface area contributed by atoms with E-state index in [9.17, 15) is 0 Å². The van der Waals surface area contributed by atoms with Crippen molar-refractivity contribution in [1.82, 2.24) is 4.98 Å². The first-order valence-corrected chi connectivity index (χ1v) is 9.82. The molecule has 0 bridgehead atoms. The van der Waals surface area contributed by atoms with E-state index in [1.807, 2.05) is 12.3 Å². The molecule has 6 rings (SSSR count). The Kier molecular flexibility index (Phi) is 2.85. The predicted octanol–water partition coefficient (Wildman–Crippen LogP) is 7.06. The number of fused-ring (bicyclic) bond motifs is 4. The van der Waals surface area contributed by atoms with Crippen molar-refractivity contribution in [3.8, 4) is 11.3 Å². The average molecular weight is 363 g/mol. The number of pyridine rings is 1. The molecule has 0 N–H and O–H groups in total. The second-order valence-corrected chi connectivity index (χ2v) is 8.61. The van der Waals surface area contributed by atoms with Crippen LogP contribution in [0, 0.1) is 13.8 Å². The summed E-state index contributed by atoms with van der Waals surface area (Å²) in [5.41, 5.74) is 9.10. The summed E-state index contributed by atoms with van der Waals surface area (Å²) in [6.07, 6.45) is 1.87. The second-order valence-electron chi connectivity index (χ2n) is 8.61. The zero-order valence-electron chi connectivity index (χ0n) is 16.6. The first-order chi connectivity index (χ1) is 13.5. The quantitative estimate of drug-likeness (QED) is 0.294. The third-order valence-electron chi connectivity index (χ3n) is 6.46. The topological polar surface area (TPSA) is 26.0 Å². The van der Waals surface area contributed by atoms with Crippen molar-refractivity contribution in [2.45, 2.75) is 33.1 Å². The molecule has 3 aromatic carbocycles. The van der Waals surface area contributed by atoms with Gasteiger partial charge in [-0.25, -0.2) is 0 Å². The minimum atomic E-state index is -0.173. The minimum absolute atomic E-state index is 0.173. The number of aryl methyl sites for hydroxylation is 2. The van der Waals surface area contributed by atoms with E-state index in [0.29, 0.717) is 0 Å². The minimum Gasteiger partial charge on any atom is -0.456 e. The summed E-state index contributed by atoms with van der Waals surface area (Å²) in [7, 11) is 0. The van der Waals surface area contributed by atoms with Crippen molar-refractivity contribution >= 4 is 32.7 Å². The van der Waals surface area contributed by atoms with E-state index in [2.05, 4.69) is 70.2 Å². The Hall–Kier alpha value is -3.13. The second kappa shape index (κ2) is 5.02. The average Bonchev–Trinajstić information content (AvgIpc) is 3.04. The fraction of sp³-hybridized carbons (Fsp3) is 0.192. The molecule has 0 aliphatic heterocycles. The van der Waals surface area contributed by atoms with Gasteiger partial charge in [-0.3, -0.25) is 4.98 Å². The van der Waals surface area contributed by atoms with Gasteiger partial charge >= 0.3 is 0 Å². The van der Waals surface area contributed by atoms with Crippen LogP contribution in [0.1, 0.15) is 36.1 Å². The van der Waals surface area contributed by atoms with Crippen LogP contribution in [0.25, 0.3) is 44.0 Å². The highest BCUT2D eigenvalue weighted by atomic mass is 16.3. The highest BCUT2D eigenvalue weighted by Gasteiger charge is 2.35. The molecule has 2 heteroatoms. The Balaban J connectivity index is 1.92. The normalized spacial score (nSPS) is 14.7. The molecule has 0 saturated carbocycles. The van der Waals surface area contributed by atoms with Crippen LogP contribution in [0.3, 0.4) is 0 Å². The van der Waals surface area contributed by atoms with Crippen LogP contribution in [0.2, 0.25) is 0 Å². The number of aromatic nitrogens is 1. The summed E-state index contributed by atoms with van der Waals surface area (Å²) in [5.74, 6) is 0. The third-order valence-corrected chi connectivity index (χ3v) is 6.46. The van der Waals surface area contributed by atoms with Crippen molar-refractivity contribution in [2.75, 3.05) is 0 Å². The molecule has 1 aliphatic rings. The van der Waals surface area contributed by atoms with E-state index in [1.165, 1.54) is 44.0 Å². The predicted molar refractivity (Wildman–Crippen MR) is 116 cm³/mol. The largest absolute Gasteiger partial charge is 0.456 e. The van der Waals surface area contributed by atoms with Gasteiger partial charge in [-0.1, -0.05) is 61.9 Å². The zero-order chi connectivity index (χ0) is 19.2. The number of rotatable bonds is 0. The van der Waals surface area contributed by atoms with Crippen molar-refractivity contribution in [3.63, 3.8) is 0 Å². The lowest BCUT2D eigenvalue weighted by Crippen LogP contribution is -2.20. The summed E-state index contributed by atoms with van der Waals surface area (Å²) in [6.45, 7) is 8.94. The molecule has 0 fully saturated rings. The maximum atomic E-state index is 6.31. The zero-order valence-corrected chi connectivity index (χ0v) is 16.6. The van der Waals surface area contributed by atoms with E-state index in [4.69, 9.17) is 9.40 Å². The van der Waals surface area contributed by atoms with Crippen LogP contribution < -0.4 is 0 Å². The Morgan fingerprint density at radius 3 is 2.61 bits per heavy atom. The van der Waals surface area contributed by atoms with Crippen LogP contribution in [-0.4, -0.2) is 4.98 Å². The smallest absolute Gasteiger partial charge is 0.139 e. The molecule has 0 atom stereocenters. The fourth-order valence-electron chi connectivity index (χ4n) is 5.13. The van der Waals surface area contributed by atoms with Gasteiger partial charge in [0.1, 0.15) is 11.2 Å². The molecular weight excluding hydrogens is 342 g/mol. The lowest BCUT2D eigenvalue weighted by Gasteiger charge is -2.29. The van der Waals surface area contributed by atoms with Gasteiger partial charge < -0.3 is 4.42 Å².